The van der Waals surface area contributed by atoms with Gasteiger partial charge in [0.15, 0.2) is 12.4 Å². The van der Waals surface area contributed by atoms with Crippen LogP contribution in [0.4, 0.5) is 0 Å². The summed E-state index contributed by atoms with van der Waals surface area (Å²) in [4.78, 5) is 25.5. The van der Waals surface area contributed by atoms with Crippen LogP contribution < -0.4 is 0 Å². The van der Waals surface area contributed by atoms with Crippen molar-refractivity contribution in [1.82, 2.24) is 0 Å². The van der Waals surface area contributed by atoms with E-state index < -0.39 is 71.2 Å². The van der Waals surface area contributed by atoms with E-state index in [0.29, 0.717) is 12.8 Å². The summed E-state index contributed by atoms with van der Waals surface area (Å²) in [5.74, 6) is -1.99. The first-order chi connectivity index (χ1) is 32.0. The van der Waals surface area contributed by atoms with Gasteiger partial charge in [0.1, 0.15) is 36.8 Å². The lowest BCUT2D eigenvalue weighted by Crippen LogP contribution is -2.60. The van der Waals surface area contributed by atoms with Crippen LogP contribution in [-0.2, 0) is 38.7 Å². The maximum atomic E-state index is 12.9. The van der Waals surface area contributed by atoms with Gasteiger partial charge in [-0.3, -0.25) is 14.1 Å². The maximum absolute atomic E-state index is 12.9. The Morgan fingerprint density at radius 3 is 1.42 bits per heavy atom. The molecule has 4 N–H and O–H groups in total. The average Bonchev–Trinajstić information content (AvgIpc) is 3.28. The first-order valence-electron chi connectivity index (χ1n) is 26.5. The van der Waals surface area contributed by atoms with Crippen LogP contribution in [0.15, 0.2) is 36.5 Å². The zero-order chi connectivity index (χ0) is 48.4. The van der Waals surface area contributed by atoms with Gasteiger partial charge in [0.25, 0.3) is 10.1 Å². The third kappa shape index (κ3) is 36.9. The van der Waals surface area contributed by atoms with Crippen LogP contribution in [-0.4, -0.2) is 96.0 Å². The van der Waals surface area contributed by atoms with E-state index >= 15 is 0 Å². The van der Waals surface area contributed by atoms with E-state index in [2.05, 4.69) is 50.3 Å². The normalized spacial score (nSPS) is 19.6. The summed E-state index contributed by atoms with van der Waals surface area (Å²) in [7, 11) is -4.61. The number of unbranched alkanes of at least 4 members (excludes halogenated alkanes) is 27. The molecule has 1 rings (SSSR count). The number of carbonyl (C=O) groups excluding carboxylic acids is 2. The molecule has 1 aliphatic rings. The summed E-state index contributed by atoms with van der Waals surface area (Å²) < 4.78 is 54.2. The summed E-state index contributed by atoms with van der Waals surface area (Å²) in [5.41, 5.74) is 0. The summed E-state index contributed by atoms with van der Waals surface area (Å²) in [5, 5.41) is 31.0. The Morgan fingerprint density at radius 1 is 0.530 bits per heavy atom. The van der Waals surface area contributed by atoms with Gasteiger partial charge in [-0.2, -0.15) is 8.42 Å². The molecule has 13 heteroatoms. The number of allylic oxidation sites excluding steroid dienone is 6. The number of aliphatic hydroxyl groups excluding tert-OH is 3. The Hall–Kier alpha value is -2.13. The van der Waals surface area contributed by atoms with Gasteiger partial charge in [-0.1, -0.05) is 211 Å². The predicted octanol–water partition coefficient (Wildman–Crippen LogP) is 12.1. The summed E-state index contributed by atoms with van der Waals surface area (Å²) in [6, 6.07) is 0. The highest BCUT2D eigenvalue weighted by molar-refractivity contribution is 7.85. The Kier molecular flexibility index (Phi) is 40.3. The molecular weight excluding hydrogens is 861 g/mol. The molecule has 1 heterocycles. The second kappa shape index (κ2) is 42.9. The second-order valence-electron chi connectivity index (χ2n) is 18.5. The van der Waals surface area contributed by atoms with E-state index in [0.717, 1.165) is 70.6 Å². The third-order valence-electron chi connectivity index (χ3n) is 12.2. The Labute approximate surface area is 401 Å². The molecule has 0 radical (unpaired) electrons. The lowest BCUT2D eigenvalue weighted by Gasteiger charge is -2.40. The third-order valence-corrected chi connectivity index (χ3v) is 13.0. The van der Waals surface area contributed by atoms with Gasteiger partial charge in [0.2, 0.25) is 0 Å². The van der Waals surface area contributed by atoms with Crippen LogP contribution in [0, 0.1) is 0 Å². The van der Waals surface area contributed by atoms with E-state index in [9.17, 15) is 37.9 Å². The van der Waals surface area contributed by atoms with Crippen molar-refractivity contribution in [3.05, 3.63) is 36.5 Å². The quantitative estimate of drug-likeness (QED) is 0.0196. The minimum absolute atomic E-state index is 0.164. The highest BCUT2D eigenvalue weighted by Crippen LogP contribution is 2.24. The van der Waals surface area contributed by atoms with Gasteiger partial charge in [-0.15, -0.1) is 0 Å². The molecular formula is C53H96O12S. The Balaban J connectivity index is 2.33. The van der Waals surface area contributed by atoms with Gasteiger partial charge in [-0.05, 0) is 44.9 Å². The van der Waals surface area contributed by atoms with Gasteiger partial charge in [0.05, 0.1) is 6.61 Å². The van der Waals surface area contributed by atoms with Crippen molar-refractivity contribution in [2.45, 2.75) is 269 Å². The maximum Gasteiger partial charge on any atom is 0.306 e. The minimum atomic E-state index is -4.61. The Bertz CT molecular complexity index is 1350. The molecule has 0 spiro atoms. The Morgan fingerprint density at radius 2 is 0.955 bits per heavy atom. The fourth-order valence-corrected chi connectivity index (χ4v) is 8.85. The van der Waals surface area contributed by atoms with E-state index in [1.165, 1.54) is 122 Å². The average molecular weight is 957 g/mol. The topological polar surface area (TPSA) is 186 Å². The van der Waals surface area contributed by atoms with Gasteiger partial charge in [-0.25, -0.2) is 0 Å². The van der Waals surface area contributed by atoms with Crippen LogP contribution in [0.2, 0.25) is 0 Å². The fourth-order valence-electron chi connectivity index (χ4n) is 8.16. The van der Waals surface area contributed by atoms with Crippen LogP contribution in [0.25, 0.3) is 0 Å². The molecule has 66 heavy (non-hydrogen) atoms. The first-order valence-corrected chi connectivity index (χ1v) is 28.2. The number of carbonyl (C=O) groups is 2. The molecule has 2 unspecified atom stereocenters. The SMILES string of the molecule is CC/C=C/C/C=C/C/C=C/CCCCCCCC(=O)OC[C@H](CO[C@H]1O[C@H](CS(=O)(=O)O)[C@@H](O)C(O)C1O)OC(=O)CCCCCCCCCCCCCCCCCCCCCCCCC. The molecule has 1 aliphatic heterocycles. The highest BCUT2D eigenvalue weighted by atomic mass is 32.2. The van der Waals surface area contributed by atoms with Crippen molar-refractivity contribution >= 4 is 22.1 Å². The molecule has 12 nitrogen and oxygen atoms in total. The van der Waals surface area contributed by atoms with Crippen molar-refractivity contribution in [3.8, 4) is 0 Å². The molecule has 1 saturated heterocycles. The van der Waals surface area contributed by atoms with Crippen LogP contribution >= 0.6 is 0 Å². The van der Waals surface area contributed by atoms with Crippen LogP contribution in [0.5, 0.6) is 0 Å². The summed E-state index contributed by atoms with van der Waals surface area (Å²) >= 11 is 0. The van der Waals surface area contributed by atoms with Crippen molar-refractivity contribution in [3.63, 3.8) is 0 Å². The smallest absolute Gasteiger partial charge is 0.306 e. The monoisotopic (exact) mass is 957 g/mol. The molecule has 1 fully saturated rings. The molecule has 0 aliphatic carbocycles. The van der Waals surface area contributed by atoms with Crippen molar-refractivity contribution in [1.29, 1.82) is 0 Å². The van der Waals surface area contributed by atoms with Gasteiger partial charge < -0.3 is 34.3 Å². The van der Waals surface area contributed by atoms with Crippen molar-refractivity contribution < 1.29 is 56.8 Å². The summed E-state index contributed by atoms with van der Waals surface area (Å²) in [6.45, 7) is 3.67. The molecule has 0 amide bonds. The number of hydrogen-bond donors (Lipinski definition) is 4. The lowest BCUT2D eigenvalue weighted by atomic mass is 10.00. The molecule has 6 atom stereocenters. The zero-order valence-corrected chi connectivity index (χ0v) is 42.4. The minimum Gasteiger partial charge on any atom is -0.462 e. The molecule has 386 valence electrons. The molecule has 0 bridgehead atoms. The standard InChI is InChI=1S/C53H96O12S/c1-3-5-7-9-11-13-15-17-19-20-21-22-23-24-25-26-28-30-32-34-36-38-40-42-49(55)64-46(44-63-53-52(58)51(57)50(56)47(65-53)45-66(59,60)61)43-62-48(54)41-39-37-35-33-31-29-27-18-16-14-12-10-8-6-4-2/h6,8,12,14,18,27,46-47,50-53,56-58H,3-5,7,9-11,13,15-17,19-26,28-45H2,1-2H3,(H,59,60,61)/b8-6+,14-12+,27-18+/t46-,47-,50-,51?,52?,53+/m1/s1. The second-order valence-corrected chi connectivity index (χ2v) is 20.0. The van der Waals surface area contributed by atoms with Gasteiger partial charge in [0, 0.05) is 12.8 Å². The van der Waals surface area contributed by atoms with E-state index in [4.69, 9.17) is 18.9 Å². The van der Waals surface area contributed by atoms with Crippen LogP contribution in [0.1, 0.15) is 232 Å². The fraction of sp³-hybridized carbons (Fsp3) is 0.849. The van der Waals surface area contributed by atoms with Gasteiger partial charge >= 0.3 is 11.9 Å². The predicted molar refractivity (Wildman–Crippen MR) is 266 cm³/mol. The molecule has 0 aromatic carbocycles. The molecule has 0 aromatic heterocycles. The van der Waals surface area contributed by atoms with Crippen molar-refractivity contribution in [2.24, 2.45) is 0 Å². The number of ether oxygens (including phenoxy) is 4. The first kappa shape index (κ1) is 61.9. The number of rotatable bonds is 45. The molecule has 0 aromatic rings. The number of hydrogen-bond acceptors (Lipinski definition) is 11. The highest BCUT2D eigenvalue weighted by Gasteiger charge is 2.46. The zero-order valence-electron chi connectivity index (χ0n) is 41.6. The molecule has 0 saturated carbocycles. The largest absolute Gasteiger partial charge is 0.462 e. The number of esters is 2. The number of aliphatic hydroxyl groups is 3. The lowest BCUT2D eigenvalue weighted by molar-refractivity contribution is -0.297. The van der Waals surface area contributed by atoms with E-state index in [1.54, 1.807) is 0 Å². The van der Waals surface area contributed by atoms with E-state index in [-0.39, 0.29) is 19.4 Å². The summed E-state index contributed by atoms with van der Waals surface area (Å²) in [6.07, 6.45) is 41.9. The van der Waals surface area contributed by atoms with E-state index in [1.807, 2.05) is 0 Å². The van der Waals surface area contributed by atoms with Crippen LogP contribution in [0.3, 0.4) is 0 Å². The van der Waals surface area contributed by atoms with Crippen molar-refractivity contribution in [2.75, 3.05) is 19.0 Å².